The smallest absolute Gasteiger partial charge is 0.216 e. The summed E-state index contributed by atoms with van der Waals surface area (Å²) < 4.78 is 12.5. The van der Waals surface area contributed by atoms with Gasteiger partial charge in [0.05, 0.1) is 20.4 Å². The van der Waals surface area contributed by atoms with Crippen molar-refractivity contribution in [3.05, 3.63) is 40.3 Å². The highest BCUT2D eigenvalue weighted by molar-refractivity contribution is 7.71. The third-order valence-corrected chi connectivity index (χ3v) is 3.60. The monoisotopic (exact) mass is 344 g/mol. The minimum Gasteiger partial charge on any atom is -0.493 e. The standard InChI is InChI=1S/C15H16N6O2S/c1-9-7-11(18-17-9)14-19-20-15(24)21(14)16-8-10-5-4-6-12(22-2)13(10)23-3/h4-8H,1-3H3,(H,17,18)(H,20,24)/b16-8-. The minimum absolute atomic E-state index is 0.365. The van der Waals surface area contributed by atoms with E-state index in [1.165, 1.54) is 4.68 Å². The fourth-order valence-electron chi connectivity index (χ4n) is 2.23. The second kappa shape index (κ2) is 6.67. The van der Waals surface area contributed by atoms with E-state index in [0.717, 1.165) is 11.3 Å². The van der Waals surface area contributed by atoms with Gasteiger partial charge in [-0.05, 0) is 37.3 Å². The molecular formula is C15H16N6O2S. The van der Waals surface area contributed by atoms with Gasteiger partial charge in [0.15, 0.2) is 11.5 Å². The van der Waals surface area contributed by atoms with E-state index in [1.807, 2.05) is 31.2 Å². The fourth-order valence-corrected chi connectivity index (χ4v) is 2.41. The number of nitrogens with zero attached hydrogens (tertiary/aromatic N) is 4. The van der Waals surface area contributed by atoms with Crippen LogP contribution in [0.3, 0.4) is 0 Å². The van der Waals surface area contributed by atoms with E-state index in [9.17, 15) is 0 Å². The molecule has 0 spiro atoms. The lowest BCUT2D eigenvalue weighted by atomic mass is 10.2. The van der Waals surface area contributed by atoms with E-state index in [4.69, 9.17) is 21.7 Å². The average molecular weight is 344 g/mol. The van der Waals surface area contributed by atoms with Crippen LogP contribution < -0.4 is 9.47 Å². The van der Waals surface area contributed by atoms with Gasteiger partial charge in [0.25, 0.3) is 0 Å². The van der Waals surface area contributed by atoms with Crippen LogP contribution in [0.15, 0.2) is 29.4 Å². The van der Waals surface area contributed by atoms with Gasteiger partial charge in [0.1, 0.15) is 5.69 Å². The fraction of sp³-hybridized carbons (Fsp3) is 0.200. The summed E-state index contributed by atoms with van der Waals surface area (Å²) in [4.78, 5) is 0. The summed E-state index contributed by atoms with van der Waals surface area (Å²) in [5, 5.41) is 18.4. The van der Waals surface area contributed by atoms with Crippen LogP contribution in [0, 0.1) is 11.7 Å². The average Bonchev–Trinajstić information content (AvgIpc) is 3.18. The molecule has 1 aromatic carbocycles. The summed E-state index contributed by atoms with van der Waals surface area (Å²) in [5.41, 5.74) is 2.32. The molecular weight excluding hydrogens is 328 g/mol. The third-order valence-electron chi connectivity index (χ3n) is 3.33. The highest BCUT2D eigenvalue weighted by Gasteiger charge is 2.12. The Hall–Kier alpha value is -2.94. The third kappa shape index (κ3) is 2.93. The van der Waals surface area contributed by atoms with E-state index >= 15 is 0 Å². The van der Waals surface area contributed by atoms with Crippen molar-refractivity contribution in [2.24, 2.45) is 5.10 Å². The predicted molar refractivity (Wildman–Crippen MR) is 92.3 cm³/mol. The zero-order valence-corrected chi connectivity index (χ0v) is 14.2. The molecule has 2 N–H and O–H groups in total. The van der Waals surface area contributed by atoms with Gasteiger partial charge in [-0.2, -0.15) is 20.0 Å². The summed E-state index contributed by atoms with van der Waals surface area (Å²) in [7, 11) is 3.17. The van der Waals surface area contributed by atoms with Gasteiger partial charge in [-0.1, -0.05) is 6.07 Å². The van der Waals surface area contributed by atoms with Crippen LogP contribution in [-0.4, -0.2) is 45.5 Å². The van der Waals surface area contributed by atoms with Gasteiger partial charge in [0.2, 0.25) is 10.6 Å². The molecule has 9 heteroatoms. The number of aromatic nitrogens is 5. The van der Waals surface area contributed by atoms with Crippen LogP contribution in [0.4, 0.5) is 0 Å². The molecule has 0 saturated carbocycles. The van der Waals surface area contributed by atoms with E-state index in [1.54, 1.807) is 20.4 Å². The number of hydrogen-bond acceptors (Lipinski definition) is 6. The molecule has 0 bridgehead atoms. The number of para-hydroxylation sites is 1. The van der Waals surface area contributed by atoms with Crippen molar-refractivity contribution in [2.45, 2.75) is 6.92 Å². The van der Waals surface area contributed by atoms with Gasteiger partial charge in [-0.3, -0.25) is 5.10 Å². The van der Waals surface area contributed by atoms with E-state index in [0.29, 0.717) is 27.8 Å². The summed E-state index contributed by atoms with van der Waals surface area (Å²) in [6.07, 6.45) is 1.63. The van der Waals surface area contributed by atoms with Crippen LogP contribution in [-0.2, 0) is 0 Å². The first-order valence-corrected chi connectivity index (χ1v) is 7.50. The highest BCUT2D eigenvalue weighted by Crippen LogP contribution is 2.29. The normalized spacial score (nSPS) is 11.1. The zero-order chi connectivity index (χ0) is 17.1. The number of aromatic amines is 2. The van der Waals surface area contributed by atoms with Crippen molar-refractivity contribution >= 4 is 18.4 Å². The summed E-state index contributed by atoms with van der Waals surface area (Å²) in [5.74, 6) is 1.73. The van der Waals surface area contributed by atoms with Crippen LogP contribution in [0.1, 0.15) is 11.3 Å². The minimum atomic E-state index is 0.365. The first-order valence-electron chi connectivity index (χ1n) is 7.09. The van der Waals surface area contributed by atoms with Gasteiger partial charge in [-0.25, -0.2) is 5.10 Å². The maximum atomic E-state index is 5.39. The number of ether oxygens (including phenoxy) is 2. The van der Waals surface area contributed by atoms with E-state index < -0.39 is 0 Å². The predicted octanol–water partition coefficient (Wildman–Crippen LogP) is 2.54. The number of nitrogens with one attached hydrogen (secondary N) is 2. The van der Waals surface area contributed by atoms with Gasteiger partial charge in [-0.15, -0.1) is 0 Å². The van der Waals surface area contributed by atoms with Crippen molar-refractivity contribution in [1.29, 1.82) is 0 Å². The highest BCUT2D eigenvalue weighted by atomic mass is 32.1. The van der Waals surface area contributed by atoms with Crippen LogP contribution in [0.5, 0.6) is 11.5 Å². The molecule has 0 aliphatic carbocycles. The first kappa shape index (κ1) is 15.9. The van der Waals surface area contributed by atoms with E-state index in [2.05, 4.69) is 25.5 Å². The lowest BCUT2D eigenvalue weighted by molar-refractivity contribution is 0.354. The Morgan fingerprint density at radius 1 is 1.21 bits per heavy atom. The summed E-state index contributed by atoms with van der Waals surface area (Å²) in [6, 6.07) is 7.41. The molecule has 124 valence electrons. The number of aryl methyl sites for hydroxylation is 1. The Bertz CT molecular complexity index is 940. The van der Waals surface area contributed by atoms with Crippen molar-refractivity contribution in [2.75, 3.05) is 14.2 Å². The molecule has 0 radical (unpaired) electrons. The molecule has 0 unspecified atom stereocenters. The maximum Gasteiger partial charge on any atom is 0.216 e. The Labute approximate surface area is 143 Å². The maximum absolute atomic E-state index is 5.39. The SMILES string of the molecule is COc1cccc(/C=N\n2c(-c3cc(C)[nH]n3)n[nH]c2=S)c1OC. The molecule has 2 aromatic heterocycles. The Balaban J connectivity index is 2.02. The van der Waals surface area contributed by atoms with Crippen LogP contribution >= 0.6 is 12.2 Å². The Morgan fingerprint density at radius 2 is 2.04 bits per heavy atom. The van der Waals surface area contributed by atoms with Crippen molar-refractivity contribution < 1.29 is 9.47 Å². The largest absolute Gasteiger partial charge is 0.493 e. The molecule has 8 nitrogen and oxygen atoms in total. The number of H-pyrrole nitrogens is 2. The van der Waals surface area contributed by atoms with Crippen LogP contribution in [0.25, 0.3) is 11.5 Å². The summed E-state index contributed by atoms with van der Waals surface area (Å²) >= 11 is 5.24. The lowest BCUT2D eigenvalue weighted by Crippen LogP contribution is -1.98. The Kier molecular flexibility index (Phi) is 4.43. The van der Waals surface area contributed by atoms with Crippen molar-refractivity contribution in [3.8, 4) is 23.0 Å². The van der Waals surface area contributed by atoms with Crippen molar-refractivity contribution in [3.63, 3.8) is 0 Å². The number of hydrogen-bond donors (Lipinski definition) is 2. The molecule has 0 atom stereocenters. The van der Waals surface area contributed by atoms with Gasteiger partial charge < -0.3 is 9.47 Å². The quantitative estimate of drug-likeness (QED) is 0.548. The molecule has 2 heterocycles. The summed E-state index contributed by atoms with van der Waals surface area (Å²) in [6.45, 7) is 1.91. The molecule has 3 rings (SSSR count). The number of methoxy groups -OCH3 is 2. The second-order valence-corrected chi connectivity index (χ2v) is 5.31. The van der Waals surface area contributed by atoms with Crippen molar-refractivity contribution in [1.82, 2.24) is 25.1 Å². The van der Waals surface area contributed by atoms with Gasteiger partial charge in [0, 0.05) is 11.3 Å². The van der Waals surface area contributed by atoms with Crippen LogP contribution in [0.2, 0.25) is 0 Å². The van der Waals surface area contributed by atoms with Gasteiger partial charge >= 0.3 is 0 Å². The number of benzene rings is 1. The number of rotatable bonds is 5. The first-order chi connectivity index (χ1) is 11.6. The molecule has 24 heavy (non-hydrogen) atoms. The molecule has 0 amide bonds. The molecule has 0 fully saturated rings. The second-order valence-electron chi connectivity index (χ2n) is 4.93. The lowest BCUT2D eigenvalue weighted by Gasteiger charge is -2.09. The molecule has 0 saturated heterocycles. The van der Waals surface area contributed by atoms with E-state index in [-0.39, 0.29) is 0 Å². The molecule has 0 aliphatic rings. The molecule has 3 aromatic rings. The molecule has 0 aliphatic heterocycles. The zero-order valence-electron chi connectivity index (χ0n) is 13.4. The topological polar surface area (TPSA) is 93.1 Å². The Morgan fingerprint density at radius 3 is 2.71 bits per heavy atom.